The third kappa shape index (κ3) is 2.57. The number of fused-ring (bicyclic) bond motifs is 2. The first kappa shape index (κ1) is 14.8. The van der Waals surface area contributed by atoms with Crippen molar-refractivity contribution in [1.82, 2.24) is 0 Å². The molecule has 2 aromatic carbocycles. The molecule has 2 aromatic rings. The van der Waals surface area contributed by atoms with E-state index >= 15 is 0 Å². The Kier molecular flexibility index (Phi) is 3.85. The zero-order chi connectivity index (χ0) is 16.4. The molecule has 0 spiro atoms. The van der Waals surface area contributed by atoms with Crippen molar-refractivity contribution in [3.05, 3.63) is 64.7 Å². The summed E-state index contributed by atoms with van der Waals surface area (Å²) in [7, 11) is 0. The van der Waals surface area contributed by atoms with Crippen LogP contribution in [0.3, 0.4) is 0 Å². The number of carbonyl (C=O) groups is 3. The maximum atomic E-state index is 12.7. The standard InChI is InChI=1S/C18H14N2O3/c1-2-11(21)10-19-20-15-9-5-8-14-16(15)18(23)13-7-4-3-6-12(13)17(14)22/h3-10,20H,2H2,1H3. The van der Waals surface area contributed by atoms with E-state index in [0.29, 0.717) is 28.8 Å². The number of carbonyl (C=O) groups excluding carboxylic acids is 3. The van der Waals surface area contributed by atoms with Crippen LogP contribution in [0.4, 0.5) is 5.69 Å². The van der Waals surface area contributed by atoms with Gasteiger partial charge in [0.25, 0.3) is 0 Å². The van der Waals surface area contributed by atoms with Gasteiger partial charge in [0.15, 0.2) is 17.3 Å². The minimum atomic E-state index is -0.227. The summed E-state index contributed by atoms with van der Waals surface area (Å²) in [5.41, 5.74) is 4.53. The van der Waals surface area contributed by atoms with Gasteiger partial charge in [-0.3, -0.25) is 19.8 Å². The summed E-state index contributed by atoms with van der Waals surface area (Å²) in [5.74, 6) is -0.544. The molecule has 5 heteroatoms. The summed E-state index contributed by atoms with van der Waals surface area (Å²) in [6, 6.07) is 11.7. The molecule has 3 rings (SSSR count). The lowest BCUT2D eigenvalue weighted by Gasteiger charge is -2.19. The number of hydrogen-bond acceptors (Lipinski definition) is 5. The highest BCUT2D eigenvalue weighted by Crippen LogP contribution is 2.31. The molecule has 0 unspecified atom stereocenters. The Balaban J connectivity index is 2.04. The zero-order valence-corrected chi connectivity index (χ0v) is 12.5. The van der Waals surface area contributed by atoms with Crippen molar-refractivity contribution >= 4 is 29.3 Å². The average Bonchev–Trinajstić information content (AvgIpc) is 2.59. The van der Waals surface area contributed by atoms with E-state index in [0.717, 1.165) is 0 Å². The Morgan fingerprint density at radius 1 is 1.00 bits per heavy atom. The van der Waals surface area contributed by atoms with Gasteiger partial charge in [0.2, 0.25) is 0 Å². The van der Waals surface area contributed by atoms with Crippen LogP contribution in [0.25, 0.3) is 0 Å². The molecule has 0 saturated carbocycles. The molecule has 0 bridgehead atoms. The van der Waals surface area contributed by atoms with Gasteiger partial charge in [0.05, 0.1) is 17.5 Å². The van der Waals surface area contributed by atoms with Crippen LogP contribution in [0.2, 0.25) is 0 Å². The largest absolute Gasteiger partial charge is 0.293 e. The lowest BCUT2D eigenvalue weighted by molar-refractivity contribution is -0.112. The number of Topliss-reactive ketones (excluding diaryl/α,β-unsaturated/α-hetero) is 1. The van der Waals surface area contributed by atoms with Gasteiger partial charge in [-0.25, -0.2) is 0 Å². The van der Waals surface area contributed by atoms with E-state index in [1.807, 2.05) is 0 Å². The predicted octanol–water partition coefficient (Wildman–Crippen LogP) is 2.84. The summed E-state index contributed by atoms with van der Waals surface area (Å²) in [4.78, 5) is 36.5. The molecule has 0 amide bonds. The number of ketones is 3. The van der Waals surface area contributed by atoms with E-state index in [1.54, 1.807) is 49.4 Å². The molecule has 0 atom stereocenters. The van der Waals surface area contributed by atoms with E-state index in [9.17, 15) is 14.4 Å². The van der Waals surface area contributed by atoms with E-state index in [-0.39, 0.29) is 22.9 Å². The van der Waals surface area contributed by atoms with Crippen molar-refractivity contribution in [2.24, 2.45) is 5.10 Å². The number of nitrogens with one attached hydrogen (secondary N) is 1. The Morgan fingerprint density at radius 2 is 1.65 bits per heavy atom. The van der Waals surface area contributed by atoms with Crippen LogP contribution in [0, 0.1) is 0 Å². The average molecular weight is 306 g/mol. The minimum absolute atomic E-state index is 0.130. The Morgan fingerprint density at radius 3 is 2.35 bits per heavy atom. The molecular weight excluding hydrogens is 292 g/mol. The van der Waals surface area contributed by atoms with Gasteiger partial charge < -0.3 is 0 Å². The van der Waals surface area contributed by atoms with E-state index in [2.05, 4.69) is 10.5 Å². The van der Waals surface area contributed by atoms with Gasteiger partial charge in [0.1, 0.15) is 0 Å². The summed E-state index contributed by atoms with van der Waals surface area (Å²) >= 11 is 0. The summed E-state index contributed by atoms with van der Waals surface area (Å²) in [5, 5.41) is 3.85. The molecule has 0 aliphatic heterocycles. The van der Waals surface area contributed by atoms with Gasteiger partial charge in [0, 0.05) is 23.1 Å². The smallest absolute Gasteiger partial charge is 0.196 e. The topological polar surface area (TPSA) is 75.6 Å². The number of hydrazone groups is 1. The Labute approximate surface area is 133 Å². The maximum Gasteiger partial charge on any atom is 0.196 e. The second-order valence-electron chi connectivity index (χ2n) is 5.12. The maximum absolute atomic E-state index is 12.7. The molecule has 0 saturated heterocycles. The monoisotopic (exact) mass is 306 g/mol. The third-order valence-electron chi connectivity index (χ3n) is 3.69. The van der Waals surface area contributed by atoms with Gasteiger partial charge in [-0.2, -0.15) is 5.10 Å². The molecule has 0 aromatic heterocycles. The summed E-state index contributed by atoms with van der Waals surface area (Å²) in [6.45, 7) is 1.73. The second kappa shape index (κ2) is 5.96. The molecule has 0 radical (unpaired) electrons. The van der Waals surface area contributed by atoms with Gasteiger partial charge >= 0.3 is 0 Å². The van der Waals surface area contributed by atoms with Crippen molar-refractivity contribution in [2.45, 2.75) is 13.3 Å². The second-order valence-corrected chi connectivity index (χ2v) is 5.12. The minimum Gasteiger partial charge on any atom is -0.293 e. The van der Waals surface area contributed by atoms with E-state index < -0.39 is 0 Å². The normalized spacial score (nSPS) is 12.9. The van der Waals surface area contributed by atoms with Crippen LogP contribution in [0.1, 0.15) is 45.2 Å². The summed E-state index contributed by atoms with van der Waals surface area (Å²) < 4.78 is 0. The lowest BCUT2D eigenvalue weighted by Crippen LogP contribution is -2.22. The fourth-order valence-corrected chi connectivity index (χ4v) is 2.50. The molecule has 1 aliphatic rings. The van der Waals surface area contributed by atoms with Gasteiger partial charge in [-0.1, -0.05) is 43.3 Å². The molecule has 114 valence electrons. The van der Waals surface area contributed by atoms with Crippen molar-refractivity contribution in [3.8, 4) is 0 Å². The quantitative estimate of drug-likeness (QED) is 0.594. The van der Waals surface area contributed by atoms with Gasteiger partial charge in [-0.05, 0) is 6.07 Å². The van der Waals surface area contributed by atoms with E-state index in [4.69, 9.17) is 0 Å². The fourth-order valence-electron chi connectivity index (χ4n) is 2.50. The van der Waals surface area contributed by atoms with Crippen molar-refractivity contribution in [2.75, 3.05) is 5.43 Å². The highest BCUT2D eigenvalue weighted by molar-refractivity contribution is 6.30. The van der Waals surface area contributed by atoms with Crippen molar-refractivity contribution < 1.29 is 14.4 Å². The molecule has 1 N–H and O–H groups in total. The predicted molar refractivity (Wildman–Crippen MR) is 87.2 cm³/mol. The zero-order valence-electron chi connectivity index (χ0n) is 12.5. The number of hydrogen-bond donors (Lipinski definition) is 1. The number of nitrogens with zero attached hydrogens (tertiary/aromatic N) is 1. The Bertz CT molecular complexity index is 853. The first-order valence-electron chi connectivity index (χ1n) is 7.26. The molecule has 23 heavy (non-hydrogen) atoms. The number of anilines is 1. The van der Waals surface area contributed by atoms with Crippen molar-refractivity contribution in [3.63, 3.8) is 0 Å². The third-order valence-corrected chi connectivity index (χ3v) is 3.69. The molecule has 0 fully saturated rings. The highest BCUT2D eigenvalue weighted by Gasteiger charge is 2.31. The number of benzene rings is 2. The lowest BCUT2D eigenvalue weighted by atomic mass is 9.83. The van der Waals surface area contributed by atoms with Crippen LogP contribution < -0.4 is 5.43 Å². The molecule has 5 nitrogen and oxygen atoms in total. The SMILES string of the molecule is CCC(=O)C=NNc1cccc2c1C(=O)c1ccccc1C2=O. The van der Waals surface area contributed by atoms with E-state index in [1.165, 1.54) is 6.21 Å². The highest BCUT2D eigenvalue weighted by atomic mass is 16.1. The number of rotatable bonds is 4. The van der Waals surface area contributed by atoms with Crippen LogP contribution in [-0.4, -0.2) is 23.6 Å². The van der Waals surface area contributed by atoms with Crippen LogP contribution >= 0.6 is 0 Å². The first-order chi connectivity index (χ1) is 11.1. The first-order valence-corrected chi connectivity index (χ1v) is 7.26. The van der Waals surface area contributed by atoms with Crippen molar-refractivity contribution in [1.29, 1.82) is 0 Å². The molecular formula is C18H14N2O3. The molecule has 1 aliphatic carbocycles. The van der Waals surface area contributed by atoms with Gasteiger partial charge in [-0.15, -0.1) is 0 Å². The van der Waals surface area contributed by atoms with Crippen LogP contribution in [-0.2, 0) is 4.79 Å². The Hall–Kier alpha value is -3.08. The van der Waals surface area contributed by atoms with Crippen LogP contribution in [0.5, 0.6) is 0 Å². The van der Waals surface area contributed by atoms with Crippen LogP contribution in [0.15, 0.2) is 47.6 Å². The molecule has 0 heterocycles. The fraction of sp³-hybridized carbons (Fsp3) is 0.111. The summed E-state index contributed by atoms with van der Waals surface area (Å²) in [6.07, 6.45) is 1.52.